The van der Waals surface area contributed by atoms with Crippen molar-refractivity contribution in [3.8, 4) is 16.4 Å². The van der Waals surface area contributed by atoms with Gasteiger partial charge in [0, 0.05) is 37.5 Å². The molecule has 180 valence electrons. The van der Waals surface area contributed by atoms with E-state index in [2.05, 4.69) is 22.0 Å². The molecule has 9 heteroatoms. The lowest BCUT2D eigenvalue weighted by molar-refractivity contribution is 0.0642. The van der Waals surface area contributed by atoms with E-state index in [0.717, 1.165) is 43.2 Å². The van der Waals surface area contributed by atoms with E-state index in [-0.39, 0.29) is 11.7 Å². The van der Waals surface area contributed by atoms with Gasteiger partial charge in [0.05, 0.1) is 10.6 Å². The maximum absolute atomic E-state index is 14.8. The molecule has 2 aromatic heterocycles. The molecule has 6 nitrogen and oxygen atoms in total. The minimum absolute atomic E-state index is 0.0619. The monoisotopic (exact) mass is 507 g/mol. The molecule has 1 saturated heterocycles. The number of nitrogens with zero attached hydrogens (tertiary/aromatic N) is 5. The van der Waals surface area contributed by atoms with Gasteiger partial charge in [0.25, 0.3) is 5.91 Å². The number of hydrogen-bond donors (Lipinski definition) is 0. The number of halogens is 1. The summed E-state index contributed by atoms with van der Waals surface area (Å²) >= 11 is 2.99. The highest BCUT2D eigenvalue weighted by molar-refractivity contribution is 7.98. The van der Waals surface area contributed by atoms with Crippen LogP contribution in [0.1, 0.15) is 22.8 Å². The lowest BCUT2D eigenvalue weighted by Crippen LogP contribution is -2.48. The molecular weight excluding hydrogens is 481 g/mol. The number of carbonyl (C=O) groups excluding carboxylic acids is 1. The second-order valence-electron chi connectivity index (χ2n) is 8.24. The summed E-state index contributed by atoms with van der Waals surface area (Å²) in [6.45, 7) is 6.42. The number of hydrogen-bond acceptors (Lipinski definition) is 6. The first-order valence-electron chi connectivity index (χ1n) is 11.6. The lowest BCUT2D eigenvalue weighted by Gasteiger charge is -2.34. The van der Waals surface area contributed by atoms with Gasteiger partial charge in [-0.1, -0.05) is 55.1 Å². The van der Waals surface area contributed by atoms with Crippen molar-refractivity contribution in [2.24, 2.45) is 0 Å². The standard InChI is InChI=1S/C26H26FN5OS2/c1-2-30-13-15-31(16-14-30)25(33)20-9-4-3-8-19(20)18-35-26-29-28-24(23-12-7-17-34-23)32(26)22-11-6-5-10-21(22)27/h3-12,17H,2,13-16,18H2,1H3. The van der Waals surface area contributed by atoms with Gasteiger partial charge >= 0.3 is 0 Å². The fourth-order valence-corrected chi connectivity index (χ4v) is 5.86. The number of amides is 1. The molecule has 0 aliphatic carbocycles. The molecule has 1 aliphatic heterocycles. The van der Waals surface area contributed by atoms with E-state index in [0.29, 0.717) is 28.0 Å². The molecule has 35 heavy (non-hydrogen) atoms. The second-order valence-corrected chi connectivity index (χ2v) is 10.1. The molecule has 1 amide bonds. The lowest BCUT2D eigenvalue weighted by atomic mass is 10.1. The third-order valence-electron chi connectivity index (χ3n) is 6.18. The molecule has 0 atom stereocenters. The Morgan fingerprint density at radius 2 is 1.77 bits per heavy atom. The highest BCUT2D eigenvalue weighted by Gasteiger charge is 2.24. The van der Waals surface area contributed by atoms with Gasteiger partial charge in [-0.2, -0.15) is 0 Å². The number of aromatic nitrogens is 3. The minimum atomic E-state index is -0.339. The normalized spacial score (nSPS) is 14.4. The summed E-state index contributed by atoms with van der Waals surface area (Å²) in [6.07, 6.45) is 0. The fourth-order valence-electron chi connectivity index (χ4n) is 4.21. The van der Waals surface area contributed by atoms with Gasteiger partial charge in [-0.25, -0.2) is 4.39 Å². The summed E-state index contributed by atoms with van der Waals surface area (Å²) in [7, 11) is 0. The van der Waals surface area contributed by atoms with Gasteiger partial charge < -0.3 is 9.80 Å². The number of para-hydroxylation sites is 1. The number of rotatable bonds is 7. The number of thioether (sulfide) groups is 1. The van der Waals surface area contributed by atoms with E-state index < -0.39 is 0 Å². The zero-order chi connectivity index (χ0) is 24.2. The fraction of sp³-hybridized carbons (Fsp3) is 0.269. The van der Waals surface area contributed by atoms with Crippen LogP contribution in [0.5, 0.6) is 0 Å². The summed E-state index contributed by atoms with van der Waals surface area (Å²) < 4.78 is 16.6. The van der Waals surface area contributed by atoms with Crippen LogP contribution < -0.4 is 0 Å². The van der Waals surface area contributed by atoms with Crippen molar-refractivity contribution in [1.82, 2.24) is 24.6 Å². The summed E-state index contributed by atoms with van der Waals surface area (Å²) in [6, 6.07) is 18.3. The van der Waals surface area contributed by atoms with Crippen LogP contribution in [-0.2, 0) is 5.75 Å². The topological polar surface area (TPSA) is 54.3 Å². The van der Waals surface area contributed by atoms with Crippen molar-refractivity contribution >= 4 is 29.0 Å². The maximum atomic E-state index is 14.8. The van der Waals surface area contributed by atoms with E-state index in [1.807, 2.05) is 46.7 Å². The number of carbonyl (C=O) groups is 1. The molecule has 2 aromatic carbocycles. The van der Waals surface area contributed by atoms with Gasteiger partial charge in [-0.15, -0.1) is 21.5 Å². The Morgan fingerprint density at radius 3 is 2.51 bits per heavy atom. The van der Waals surface area contributed by atoms with Crippen LogP contribution in [0.4, 0.5) is 4.39 Å². The molecule has 0 saturated carbocycles. The van der Waals surface area contributed by atoms with Crippen molar-refractivity contribution in [3.05, 3.63) is 83.0 Å². The predicted octanol–water partition coefficient (Wildman–Crippen LogP) is 5.20. The van der Waals surface area contributed by atoms with Crippen LogP contribution >= 0.6 is 23.1 Å². The Kier molecular flexibility index (Phi) is 7.26. The van der Waals surface area contributed by atoms with Gasteiger partial charge in [0.2, 0.25) is 0 Å². The van der Waals surface area contributed by atoms with E-state index >= 15 is 0 Å². The molecule has 0 radical (unpaired) electrons. The van der Waals surface area contributed by atoms with Crippen LogP contribution in [-0.4, -0.2) is 63.2 Å². The third kappa shape index (κ3) is 5.03. The minimum Gasteiger partial charge on any atom is -0.336 e. The van der Waals surface area contributed by atoms with Crippen molar-refractivity contribution in [3.63, 3.8) is 0 Å². The van der Waals surface area contributed by atoms with Crippen molar-refractivity contribution in [1.29, 1.82) is 0 Å². The molecule has 0 spiro atoms. The van der Waals surface area contributed by atoms with E-state index in [9.17, 15) is 9.18 Å². The van der Waals surface area contributed by atoms with Crippen molar-refractivity contribution < 1.29 is 9.18 Å². The second kappa shape index (κ2) is 10.7. The number of thiophene rings is 1. The number of likely N-dealkylation sites (N-methyl/N-ethyl adjacent to an activating group) is 1. The average Bonchev–Trinajstić information content (AvgIpc) is 3.58. The molecule has 0 unspecified atom stereocenters. The summed E-state index contributed by atoms with van der Waals surface area (Å²) in [5.41, 5.74) is 2.04. The average molecular weight is 508 g/mol. The zero-order valence-electron chi connectivity index (χ0n) is 19.4. The van der Waals surface area contributed by atoms with Gasteiger partial charge in [0.1, 0.15) is 5.82 Å². The molecule has 5 rings (SSSR count). The Balaban J connectivity index is 1.41. The predicted molar refractivity (Wildman–Crippen MR) is 139 cm³/mol. The Morgan fingerprint density at radius 1 is 1.00 bits per heavy atom. The van der Waals surface area contributed by atoms with Gasteiger partial charge in [0.15, 0.2) is 11.0 Å². The van der Waals surface area contributed by atoms with E-state index in [1.54, 1.807) is 22.8 Å². The molecule has 1 fully saturated rings. The molecular formula is C26H26FN5OS2. The SMILES string of the molecule is CCN1CCN(C(=O)c2ccccc2CSc2nnc(-c3cccs3)n2-c2ccccc2F)CC1. The first-order valence-corrected chi connectivity index (χ1v) is 13.5. The first-order chi connectivity index (χ1) is 17.2. The third-order valence-corrected chi connectivity index (χ3v) is 8.02. The smallest absolute Gasteiger partial charge is 0.254 e. The van der Waals surface area contributed by atoms with E-state index in [1.165, 1.54) is 29.2 Å². The van der Waals surface area contributed by atoms with Crippen LogP contribution in [0.25, 0.3) is 16.4 Å². The highest BCUT2D eigenvalue weighted by atomic mass is 32.2. The van der Waals surface area contributed by atoms with Gasteiger partial charge in [-0.3, -0.25) is 9.36 Å². The highest BCUT2D eigenvalue weighted by Crippen LogP contribution is 2.33. The van der Waals surface area contributed by atoms with Crippen LogP contribution in [0.2, 0.25) is 0 Å². The molecule has 4 aromatic rings. The number of benzene rings is 2. The maximum Gasteiger partial charge on any atom is 0.254 e. The zero-order valence-corrected chi connectivity index (χ0v) is 21.1. The quantitative estimate of drug-likeness (QED) is 0.322. The molecule has 0 N–H and O–H groups in total. The summed E-state index contributed by atoms with van der Waals surface area (Å²) in [5.74, 6) is 0.847. The van der Waals surface area contributed by atoms with Crippen molar-refractivity contribution in [2.45, 2.75) is 17.8 Å². The number of piperazine rings is 1. The summed E-state index contributed by atoms with van der Waals surface area (Å²) in [5, 5.41) is 11.3. The van der Waals surface area contributed by atoms with Crippen LogP contribution in [0.3, 0.4) is 0 Å². The van der Waals surface area contributed by atoms with E-state index in [4.69, 9.17) is 0 Å². The Bertz CT molecular complexity index is 1300. The molecule has 0 bridgehead atoms. The molecule has 1 aliphatic rings. The van der Waals surface area contributed by atoms with Crippen molar-refractivity contribution in [2.75, 3.05) is 32.7 Å². The Labute approximate surface area is 212 Å². The summed E-state index contributed by atoms with van der Waals surface area (Å²) in [4.78, 5) is 18.5. The largest absolute Gasteiger partial charge is 0.336 e. The Hall–Kier alpha value is -3.01. The molecule has 3 heterocycles. The van der Waals surface area contributed by atoms with Crippen LogP contribution in [0.15, 0.2) is 71.2 Å². The van der Waals surface area contributed by atoms with Gasteiger partial charge in [-0.05, 0) is 41.8 Å². The first kappa shape index (κ1) is 23.7. The van der Waals surface area contributed by atoms with Crippen LogP contribution in [0, 0.1) is 5.82 Å².